The van der Waals surface area contributed by atoms with Gasteiger partial charge in [0.25, 0.3) is 0 Å². The first-order valence-corrected chi connectivity index (χ1v) is 6.27. The van der Waals surface area contributed by atoms with Gasteiger partial charge in [-0.05, 0) is 25.3 Å². The Kier molecular flexibility index (Phi) is 4.69. The number of benzene rings is 1. The van der Waals surface area contributed by atoms with Gasteiger partial charge in [0.05, 0.1) is 6.61 Å². The van der Waals surface area contributed by atoms with Gasteiger partial charge in [0.15, 0.2) is 0 Å². The molecule has 0 unspecified atom stereocenters. The number of aromatic nitrogens is 2. The highest BCUT2D eigenvalue weighted by Crippen LogP contribution is 2.12. The molecule has 1 aromatic carbocycles. The number of hydrogen-bond donors (Lipinski definition) is 2. The van der Waals surface area contributed by atoms with Crippen LogP contribution in [0.25, 0.3) is 0 Å². The van der Waals surface area contributed by atoms with Gasteiger partial charge in [0.2, 0.25) is 5.88 Å². The molecule has 5 nitrogen and oxygen atoms in total. The number of hydrazine groups is 1. The molecule has 100 valence electrons. The number of aryl methyl sites for hydroxylation is 2. The fourth-order valence-electron chi connectivity index (χ4n) is 1.79. The molecular weight excluding hydrogens is 240 g/mol. The number of ether oxygens (including phenoxy) is 1. The summed E-state index contributed by atoms with van der Waals surface area (Å²) in [6.07, 6.45) is 1.94. The summed E-state index contributed by atoms with van der Waals surface area (Å²) in [5.41, 5.74) is 3.81. The minimum absolute atomic E-state index is 0.550. The first-order valence-electron chi connectivity index (χ1n) is 6.27. The standard InChI is InChI=1S/C14H18N4O/c1-11-16-13(18-15)10-14(17-11)19-9-5-8-12-6-3-2-4-7-12/h2-4,6-7,10H,5,8-9,15H2,1H3,(H,16,17,18). The Bertz CT molecular complexity index is 516. The molecule has 3 N–H and O–H groups in total. The summed E-state index contributed by atoms with van der Waals surface area (Å²) in [4.78, 5) is 8.30. The van der Waals surface area contributed by atoms with E-state index in [1.54, 1.807) is 13.0 Å². The second-order valence-electron chi connectivity index (χ2n) is 4.22. The average molecular weight is 258 g/mol. The molecule has 0 atom stereocenters. The maximum atomic E-state index is 5.60. The third kappa shape index (κ3) is 4.22. The second kappa shape index (κ2) is 6.70. The predicted octanol–water partition coefficient (Wildman–Crippen LogP) is 2.08. The topological polar surface area (TPSA) is 73.1 Å². The van der Waals surface area contributed by atoms with Crippen LogP contribution in [0.15, 0.2) is 36.4 Å². The van der Waals surface area contributed by atoms with E-state index in [9.17, 15) is 0 Å². The van der Waals surface area contributed by atoms with Crippen molar-refractivity contribution in [3.8, 4) is 5.88 Å². The molecule has 0 spiro atoms. The molecule has 0 bridgehead atoms. The Morgan fingerprint density at radius 2 is 2.00 bits per heavy atom. The van der Waals surface area contributed by atoms with Crippen LogP contribution in [0.1, 0.15) is 17.8 Å². The number of nitrogen functional groups attached to an aromatic ring is 1. The van der Waals surface area contributed by atoms with Crippen LogP contribution in [0.3, 0.4) is 0 Å². The Morgan fingerprint density at radius 1 is 1.21 bits per heavy atom. The summed E-state index contributed by atoms with van der Waals surface area (Å²) in [5, 5.41) is 0. The molecule has 19 heavy (non-hydrogen) atoms. The van der Waals surface area contributed by atoms with Crippen molar-refractivity contribution in [3.63, 3.8) is 0 Å². The molecule has 1 aromatic heterocycles. The highest BCUT2D eigenvalue weighted by molar-refractivity contribution is 5.36. The Labute approximate surface area is 112 Å². The highest BCUT2D eigenvalue weighted by Gasteiger charge is 2.01. The second-order valence-corrected chi connectivity index (χ2v) is 4.22. The van der Waals surface area contributed by atoms with E-state index in [1.165, 1.54) is 5.56 Å². The summed E-state index contributed by atoms with van der Waals surface area (Å²) in [6, 6.07) is 12.0. The number of hydrogen-bond acceptors (Lipinski definition) is 5. The van der Waals surface area contributed by atoms with E-state index in [4.69, 9.17) is 10.6 Å². The average Bonchev–Trinajstić information content (AvgIpc) is 2.44. The third-order valence-corrected chi connectivity index (χ3v) is 2.66. The lowest BCUT2D eigenvalue weighted by Gasteiger charge is -2.07. The lowest BCUT2D eigenvalue weighted by molar-refractivity contribution is 0.298. The molecule has 0 radical (unpaired) electrons. The van der Waals surface area contributed by atoms with Crippen LogP contribution >= 0.6 is 0 Å². The predicted molar refractivity (Wildman–Crippen MR) is 74.8 cm³/mol. The number of rotatable bonds is 6. The van der Waals surface area contributed by atoms with Gasteiger partial charge in [-0.1, -0.05) is 30.3 Å². The SMILES string of the molecule is Cc1nc(NN)cc(OCCCc2ccccc2)n1. The summed E-state index contributed by atoms with van der Waals surface area (Å²) in [7, 11) is 0. The van der Waals surface area contributed by atoms with Crippen molar-refractivity contribution >= 4 is 5.82 Å². The molecule has 0 saturated heterocycles. The molecule has 5 heteroatoms. The van der Waals surface area contributed by atoms with E-state index in [-0.39, 0.29) is 0 Å². The number of nitrogens with zero attached hydrogens (tertiary/aromatic N) is 2. The van der Waals surface area contributed by atoms with Crippen molar-refractivity contribution in [1.82, 2.24) is 9.97 Å². The van der Waals surface area contributed by atoms with Crippen molar-refractivity contribution in [1.29, 1.82) is 0 Å². The van der Waals surface area contributed by atoms with Gasteiger partial charge in [0, 0.05) is 6.07 Å². The van der Waals surface area contributed by atoms with Crippen molar-refractivity contribution < 1.29 is 4.74 Å². The molecule has 0 amide bonds. The zero-order chi connectivity index (χ0) is 13.5. The normalized spacial score (nSPS) is 10.2. The van der Waals surface area contributed by atoms with E-state index >= 15 is 0 Å². The molecule has 1 heterocycles. The smallest absolute Gasteiger partial charge is 0.218 e. The molecule has 2 aromatic rings. The lowest BCUT2D eigenvalue weighted by Crippen LogP contribution is -2.10. The van der Waals surface area contributed by atoms with Gasteiger partial charge < -0.3 is 10.2 Å². The molecule has 0 aliphatic heterocycles. The van der Waals surface area contributed by atoms with Crippen molar-refractivity contribution in [2.24, 2.45) is 5.84 Å². The monoisotopic (exact) mass is 258 g/mol. The molecule has 0 aliphatic rings. The van der Waals surface area contributed by atoms with Crippen molar-refractivity contribution in [2.75, 3.05) is 12.0 Å². The van der Waals surface area contributed by atoms with E-state index < -0.39 is 0 Å². The first kappa shape index (κ1) is 13.3. The van der Waals surface area contributed by atoms with E-state index in [0.717, 1.165) is 12.8 Å². The Hall–Kier alpha value is -2.14. The molecule has 2 rings (SSSR count). The lowest BCUT2D eigenvalue weighted by atomic mass is 10.1. The van der Waals surface area contributed by atoms with E-state index in [0.29, 0.717) is 24.1 Å². The van der Waals surface area contributed by atoms with Gasteiger partial charge in [-0.2, -0.15) is 4.98 Å². The van der Waals surface area contributed by atoms with Crippen LogP contribution in [0.2, 0.25) is 0 Å². The number of nitrogens with two attached hydrogens (primary N) is 1. The largest absolute Gasteiger partial charge is 0.478 e. The minimum Gasteiger partial charge on any atom is -0.478 e. The Morgan fingerprint density at radius 3 is 2.74 bits per heavy atom. The number of anilines is 1. The quantitative estimate of drug-likeness (QED) is 0.471. The molecular formula is C14H18N4O. The van der Waals surface area contributed by atoms with Crippen molar-refractivity contribution in [3.05, 3.63) is 47.8 Å². The highest BCUT2D eigenvalue weighted by atomic mass is 16.5. The molecule has 0 saturated carbocycles. The van der Waals surface area contributed by atoms with Crippen LogP contribution in [-0.2, 0) is 6.42 Å². The fourth-order valence-corrected chi connectivity index (χ4v) is 1.79. The van der Waals surface area contributed by atoms with Crippen LogP contribution in [-0.4, -0.2) is 16.6 Å². The maximum Gasteiger partial charge on any atom is 0.218 e. The molecule has 0 aliphatic carbocycles. The van der Waals surface area contributed by atoms with Crippen LogP contribution in [0.5, 0.6) is 5.88 Å². The number of nitrogens with one attached hydrogen (secondary N) is 1. The summed E-state index contributed by atoms with van der Waals surface area (Å²) >= 11 is 0. The van der Waals surface area contributed by atoms with Crippen LogP contribution in [0.4, 0.5) is 5.82 Å². The zero-order valence-electron chi connectivity index (χ0n) is 11.0. The van der Waals surface area contributed by atoms with E-state index in [2.05, 4.69) is 27.5 Å². The van der Waals surface area contributed by atoms with Gasteiger partial charge in [-0.15, -0.1) is 0 Å². The fraction of sp³-hybridized carbons (Fsp3) is 0.286. The van der Waals surface area contributed by atoms with E-state index in [1.807, 2.05) is 18.2 Å². The Balaban J connectivity index is 1.81. The summed E-state index contributed by atoms with van der Waals surface area (Å²) in [6.45, 7) is 2.42. The molecule has 0 fully saturated rings. The summed E-state index contributed by atoms with van der Waals surface area (Å²) in [5.74, 6) is 7.07. The first-order chi connectivity index (χ1) is 9.28. The maximum absolute atomic E-state index is 5.60. The minimum atomic E-state index is 0.550. The zero-order valence-corrected chi connectivity index (χ0v) is 11.0. The third-order valence-electron chi connectivity index (χ3n) is 2.66. The van der Waals surface area contributed by atoms with Gasteiger partial charge in [0.1, 0.15) is 11.6 Å². The van der Waals surface area contributed by atoms with Gasteiger partial charge in [-0.3, -0.25) is 0 Å². The summed E-state index contributed by atoms with van der Waals surface area (Å²) < 4.78 is 5.60. The van der Waals surface area contributed by atoms with Crippen LogP contribution < -0.4 is 16.0 Å². The van der Waals surface area contributed by atoms with Crippen LogP contribution in [0, 0.1) is 6.92 Å². The van der Waals surface area contributed by atoms with Gasteiger partial charge in [-0.25, -0.2) is 10.8 Å². The van der Waals surface area contributed by atoms with Gasteiger partial charge >= 0.3 is 0 Å². The van der Waals surface area contributed by atoms with Crippen molar-refractivity contribution in [2.45, 2.75) is 19.8 Å².